The summed E-state index contributed by atoms with van der Waals surface area (Å²) in [5, 5.41) is 3.29. The molecule has 0 radical (unpaired) electrons. The molecule has 0 saturated carbocycles. The molecule has 2 rings (SSSR count). The Morgan fingerprint density at radius 1 is 1.20 bits per heavy atom. The Balaban J connectivity index is 2.31. The lowest BCUT2D eigenvalue weighted by Crippen LogP contribution is -2.45. The number of carbonyl (C=O) groups excluding carboxylic acids is 1. The summed E-state index contributed by atoms with van der Waals surface area (Å²) in [5.41, 5.74) is 1.94. The second-order valence-electron chi connectivity index (χ2n) is 5.66. The number of anilines is 2. The largest absolute Gasteiger partial charge is 0.324 e. The fourth-order valence-corrected chi connectivity index (χ4v) is 4.35. The minimum atomic E-state index is -3.66. The van der Waals surface area contributed by atoms with Crippen molar-refractivity contribution in [2.24, 2.45) is 0 Å². The maximum atomic E-state index is 12.6. The third-order valence-corrected chi connectivity index (χ3v) is 5.78. The normalized spacial score (nSPS) is 12.5. The van der Waals surface area contributed by atoms with Crippen LogP contribution in [0.5, 0.6) is 0 Å². The van der Waals surface area contributed by atoms with E-state index in [1.807, 2.05) is 19.1 Å². The van der Waals surface area contributed by atoms with Crippen LogP contribution >= 0.6 is 34.2 Å². The summed E-state index contributed by atoms with van der Waals surface area (Å²) in [6.07, 6.45) is 1.07. The second-order valence-corrected chi connectivity index (χ2v) is 9.20. The zero-order chi connectivity index (χ0) is 18.8. The molecule has 0 heterocycles. The Hall–Kier alpha value is -1.32. The number of hydrogen-bond acceptors (Lipinski definition) is 3. The van der Waals surface area contributed by atoms with Gasteiger partial charge in [-0.25, -0.2) is 8.42 Å². The molecule has 0 aliphatic heterocycles. The minimum Gasteiger partial charge on any atom is -0.324 e. The number of nitrogens with one attached hydrogen (secondary N) is 1. The molecule has 0 spiro atoms. The van der Waals surface area contributed by atoms with Crippen LogP contribution in [0.3, 0.4) is 0 Å². The van der Waals surface area contributed by atoms with Gasteiger partial charge in [0.1, 0.15) is 6.04 Å². The Labute approximate surface area is 166 Å². The van der Waals surface area contributed by atoms with Crippen molar-refractivity contribution in [1.29, 1.82) is 0 Å². The highest BCUT2D eigenvalue weighted by atomic mass is 127. The molecular formula is C17H18ClIN2O3S. The van der Waals surface area contributed by atoms with E-state index in [-0.39, 0.29) is 0 Å². The van der Waals surface area contributed by atoms with E-state index in [1.165, 1.54) is 0 Å². The van der Waals surface area contributed by atoms with Crippen LogP contribution in [0.1, 0.15) is 12.5 Å². The van der Waals surface area contributed by atoms with Gasteiger partial charge in [-0.15, -0.1) is 0 Å². The third-order valence-electron chi connectivity index (χ3n) is 3.62. The zero-order valence-electron chi connectivity index (χ0n) is 14.0. The predicted octanol–water partition coefficient (Wildman–Crippen LogP) is 4.05. The van der Waals surface area contributed by atoms with E-state index in [4.69, 9.17) is 11.6 Å². The summed E-state index contributed by atoms with van der Waals surface area (Å²) in [6.45, 7) is 3.43. The molecule has 5 nitrogen and oxygen atoms in total. The Kier molecular flexibility index (Phi) is 6.34. The van der Waals surface area contributed by atoms with Gasteiger partial charge >= 0.3 is 0 Å². The molecular weight excluding hydrogens is 475 g/mol. The van der Waals surface area contributed by atoms with Gasteiger partial charge in [0.25, 0.3) is 0 Å². The van der Waals surface area contributed by atoms with Crippen LogP contribution in [0, 0.1) is 10.5 Å². The fourth-order valence-electron chi connectivity index (χ4n) is 2.40. The van der Waals surface area contributed by atoms with Crippen LogP contribution in [0.2, 0.25) is 5.02 Å². The average molecular weight is 493 g/mol. The zero-order valence-corrected chi connectivity index (χ0v) is 17.7. The first-order valence-corrected chi connectivity index (χ1v) is 10.7. The molecule has 134 valence electrons. The summed E-state index contributed by atoms with van der Waals surface area (Å²) in [6, 6.07) is 11.0. The van der Waals surface area contributed by atoms with Crippen LogP contribution in [0.15, 0.2) is 42.5 Å². The Morgan fingerprint density at radius 3 is 2.32 bits per heavy atom. The molecule has 1 amide bonds. The van der Waals surface area contributed by atoms with Crippen molar-refractivity contribution in [1.82, 2.24) is 0 Å². The maximum Gasteiger partial charge on any atom is 0.248 e. The lowest BCUT2D eigenvalue weighted by Gasteiger charge is -2.28. The molecule has 1 N–H and O–H groups in total. The van der Waals surface area contributed by atoms with Crippen molar-refractivity contribution in [3.05, 3.63) is 56.6 Å². The third kappa shape index (κ3) is 5.08. The molecule has 8 heteroatoms. The molecule has 0 aliphatic carbocycles. The van der Waals surface area contributed by atoms with Gasteiger partial charge in [0, 0.05) is 14.3 Å². The molecule has 0 saturated heterocycles. The van der Waals surface area contributed by atoms with Gasteiger partial charge in [-0.2, -0.15) is 0 Å². The molecule has 2 aromatic carbocycles. The molecule has 0 fully saturated rings. The standard InChI is InChI=1S/C17H18ClIN2O3S/c1-11-10-14(19)6-9-16(11)20-17(22)12(2)21(25(3,23)24)15-7-4-13(18)5-8-15/h4-10,12H,1-3H3,(H,20,22). The first kappa shape index (κ1) is 20.0. The Bertz CT molecular complexity index is 885. The van der Waals surface area contributed by atoms with Crippen LogP contribution in [-0.2, 0) is 14.8 Å². The van der Waals surface area contributed by atoms with E-state index in [2.05, 4.69) is 27.9 Å². The van der Waals surface area contributed by atoms with E-state index in [0.29, 0.717) is 16.4 Å². The predicted molar refractivity (Wildman–Crippen MR) is 111 cm³/mol. The van der Waals surface area contributed by atoms with Gasteiger partial charge in [-0.3, -0.25) is 9.10 Å². The van der Waals surface area contributed by atoms with E-state index < -0.39 is 22.0 Å². The Morgan fingerprint density at radius 2 is 1.80 bits per heavy atom. The van der Waals surface area contributed by atoms with Gasteiger partial charge < -0.3 is 5.32 Å². The number of amides is 1. The van der Waals surface area contributed by atoms with E-state index in [9.17, 15) is 13.2 Å². The van der Waals surface area contributed by atoms with Gasteiger partial charge in [0.2, 0.25) is 15.9 Å². The highest BCUT2D eigenvalue weighted by molar-refractivity contribution is 14.1. The number of nitrogens with zero attached hydrogens (tertiary/aromatic N) is 1. The molecule has 0 aliphatic rings. The first-order chi connectivity index (χ1) is 11.6. The van der Waals surface area contributed by atoms with Crippen molar-refractivity contribution in [3.8, 4) is 0 Å². The summed E-state index contributed by atoms with van der Waals surface area (Å²) < 4.78 is 26.6. The summed E-state index contributed by atoms with van der Waals surface area (Å²) in [7, 11) is -3.66. The fraction of sp³-hybridized carbons (Fsp3) is 0.235. The second kappa shape index (κ2) is 7.92. The smallest absolute Gasteiger partial charge is 0.248 e. The van der Waals surface area contributed by atoms with Crippen LogP contribution < -0.4 is 9.62 Å². The van der Waals surface area contributed by atoms with E-state index in [0.717, 1.165) is 19.7 Å². The van der Waals surface area contributed by atoms with E-state index in [1.54, 1.807) is 37.3 Å². The van der Waals surface area contributed by atoms with Crippen LogP contribution in [-0.4, -0.2) is 26.6 Å². The number of hydrogen-bond donors (Lipinski definition) is 1. The minimum absolute atomic E-state index is 0.383. The molecule has 0 bridgehead atoms. The molecule has 1 atom stereocenters. The SMILES string of the molecule is Cc1cc(I)ccc1NC(=O)C(C)N(c1ccc(Cl)cc1)S(C)(=O)=O. The summed E-state index contributed by atoms with van der Waals surface area (Å²) in [5.74, 6) is -0.412. The number of aryl methyl sites for hydroxylation is 1. The van der Waals surface area contributed by atoms with Crippen molar-refractivity contribution in [3.63, 3.8) is 0 Å². The van der Waals surface area contributed by atoms with Crippen molar-refractivity contribution >= 4 is 61.5 Å². The maximum absolute atomic E-state index is 12.6. The lowest BCUT2D eigenvalue weighted by molar-refractivity contribution is -0.116. The molecule has 0 aromatic heterocycles. The molecule has 2 aromatic rings. The summed E-state index contributed by atoms with van der Waals surface area (Å²) >= 11 is 8.05. The summed E-state index contributed by atoms with van der Waals surface area (Å²) in [4.78, 5) is 12.6. The first-order valence-electron chi connectivity index (χ1n) is 7.41. The monoisotopic (exact) mass is 492 g/mol. The lowest BCUT2D eigenvalue weighted by atomic mass is 10.2. The van der Waals surface area contributed by atoms with E-state index >= 15 is 0 Å². The highest BCUT2D eigenvalue weighted by Crippen LogP contribution is 2.24. The molecule has 1 unspecified atom stereocenters. The van der Waals surface area contributed by atoms with Crippen LogP contribution in [0.25, 0.3) is 0 Å². The van der Waals surface area contributed by atoms with Gasteiger partial charge in [0.15, 0.2) is 0 Å². The number of rotatable bonds is 5. The number of halogens is 2. The molecule has 25 heavy (non-hydrogen) atoms. The van der Waals surface area contributed by atoms with Gasteiger partial charge in [-0.1, -0.05) is 11.6 Å². The van der Waals surface area contributed by atoms with Crippen molar-refractivity contribution < 1.29 is 13.2 Å². The van der Waals surface area contributed by atoms with Crippen molar-refractivity contribution in [2.75, 3.05) is 15.9 Å². The number of benzene rings is 2. The highest BCUT2D eigenvalue weighted by Gasteiger charge is 2.29. The number of sulfonamides is 1. The van der Waals surface area contributed by atoms with Crippen molar-refractivity contribution in [2.45, 2.75) is 19.9 Å². The van der Waals surface area contributed by atoms with Gasteiger partial charge in [0.05, 0.1) is 11.9 Å². The van der Waals surface area contributed by atoms with Gasteiger partial charge in [-0.05, 0) is 84.5 Å². The van der Waals surface area contributed by atoms with Crippen LogP contribution in [0.4, 0.5) is 11.4 Å². The quantitative estimate of drug-likeness (QED) is 0.641. The average Bonchev–Trinajstić information content (AvgIpc) is 2.50. The number of carbonyl (C=O) groups is 1. The topological polar surface area (TPSA) is 66.5 Å².